The van der Waals surface area contributed by atoms with Crippen LogP contribution in [0.4, 0.5) is 5.69 Å². The van der Waals surface area contributed by atoms with Crippen LogP contribution in [0.2, 0.25) is 0 Å². The average Bonchev–Trinajstić information content (AvgIpc) is 2.77. The van der Waals surface area contributed by atoms with Gasteiger partial charge in [-0.25, -0.2) is 0 Å². The SMILES string of the molecule is CCCCC(CCC)c1cc(C2CCCCC2)cc(C2CCCCC2)c1[N+](=O)[O-]. The molecule has 3 rings (SSSR count). The molecule has 0 aliphatic heterocycles. The maximum atomic E-state index is 12.4. The second kappa shape index (κ2) is 11.1. The summed E-state index contributed by atoms with van der Waals surface area (Å²) in [6, 6.07) is 4.58. The van der Waals surface area contributed by atoms with Crippen LogP contribution < -0.4 is 0 Å². The van der Waals surface area contributed by atoms with E-state index in [0.29, 0.717) is 23.4 Å². The van der Waals surface area contributed by atoms with E-state index < -0.39 is 0 Å². The van der Waals surface area contributed by atoms with E-state index >= 15 is 0 Å². The molecular formula is C26H41NO2. The van der Waals surface area contributed by atoms with Crippen LogP contribution >= 0.6 is 0 Å². The standard InChI is InChI=1S/C26H41NO2/c1-3-5-13-21(12-4-2)24-18-23(20-14-8-6-9-15-20)19-25(26(24)27(28)29)22-16-10-7-11-17-22/h18-22H,3-17H2,1-2H3. The van der Waals surface area contributed by atoms with Gasteiger partial charge in [-0.15, -0.1) is 0 Å². The summed E-state index contributed by atoms with van der Waals surface area (Å²) in [6.45, 7) is 4.45. The van der Waals surface area contributed by atoms with Gasteiger partial charge in [-0.1, -0.05) is 71.6 Å². The van der Waals surface area contributed by atoms with Crippen molar-refractivity contribution in [3.8, 4) is 0 Å². The third kappa shape index (κ3) is 5.61. The summed E-state index contributed by atoms with van der Waals surface area (Å²) in [6.07, 6.45) is 18.0. The van der Waals surface area contributed by atoms with Gasteiger partial charge < -0.3 is 0 Å². The summed E-state index contributed by atoms with van der Waals surface area (Å²) in [5.74, 6) is 1.34. The zero-order valence-corrected chi connectivity index (χ0v) is 18.8. The van der Waals surface area contributed by atoms with E-state index in [0.717, 1.165) is 56.1 Å². The fraction of sp³-hybridized carbons (Fsp3) is 0.769. The van der Waals surface area contributed by atoms with Gasteiger partial charge in [-0.05, 0) is 74.0 Å². The zero-order valence-electron chi connectivity index (χ0n) is 18.8. The summed E-state index contributed by atoms with van der Waals surface area (Å²) in [5, 5.41) is 12.4. The smallest absolute Gasteiger partial charge is 0.258 e. The van der Waals surface area contributed by atoms with E-state index in [1.54, 1.807) is 0 Å². The lowest BCUT2D eigenvalue weighted by atomic mass is 9.76. The van der Waals surface area contributed by atoms with Crippen molar-refractivity contribution in [2.75, 3.05) is 0 Å². The fourth-order valence-electron chi connectivity index (χ4n) is 5.88. The van der Waals surface area contributed by atoms with Crippen LogP contribution in [0.5, 0.6) is 0 Å². The molecule has 29 heavy (non-hydrogen) atoms. The number of hydrogen-bond donors (Lipinski definition) is 0. The molecule has 3 nitrogen and oxygen atoms in total. The number of benzene rings is 1. The molecule has 2 fully saturated rings. The van der Waals surface area contributed by atoms with Crippen LogP contribution in [0, 0.1) is 10.1 Å². The Morgan fingerprint density at radius 1 is 0.897 bits per heavy atom. The molecule has 0 bridgehead atoms. The van der Waals surface area contributed by atoms with E-state index in [1.807, 2.05) is 0 Å². The van der Waals surface area contributed by atoms with Crippen molar-refractivity contribution in [2.45, 2.75) is 128 Å². The second-order valence-electron chi connectivity index (χ2n) is 9.60. The summed E-state index contributed by atoms with van der Waals surface area (Å²) >= 11 is 0. The van der Waals surface area contributed by atoms with Crippen molar-refractivity contribution >= 4 is 5.69 Å². The van der Waals surface area contributed by atoms with E-state index in [2.05, 4.69) is 26.0 Å². The van der Waals surface area contributed by atoms with E-state index in [-0.39, 0.29) is 4.92 Å². The predicted octanol–water partition coefficient (Wildman–Crippen LogP) is 8.76. The lowest BCUT2D eigenvalue weighted by molar-refractivity contribution is -0.386. The van der Waals surface area contributed by atoms with Crippen molar-refractivity contribution in [1.82, 2.24) is 0 Å². The molecule has 1 atom stereocenters. The van der Waals surface area contributed by atoms with Crippen LogP contribution in [0.1, 0.15) is 145 Å². The van der Waals surface area contributed by atoms with Gasteiger partial charge >= 0.3 is 0 Å². The van der Waals surface area contributed by atoms with Crippen LogP contribution in [-0.2, 0) is 0 Å². The predicted molar refractivity (Wildman–Crippen MR) is 122 cm³/mol. The molecular weight excluding hydrogens is 358 g/mol. The van der Waals surface area contributed by atoms with Gasteiger partial charge in [-0.3, -0.25) is 10.1 Å². The van der Waals surface area contributed by atoms with Crippen LogP contribution in [0.25, 0.3) is 0 Å². The molecule has 0 radical (unpaired) electrons. The first-order chi connectivity index (χ1) is 14.2. The first-order valence-corrected chi connectivity index (χ1v) is 12.5. The summed E-state index contributed by atoms with van der Waals surface area (Å²) in [5.41, 5.74) is 4.08. The molecule has 162 valence electrons. The Morgan fingerprint density at radius 3 is 2.07 bits per heavy atom. The molecule has 0 amide bonds. The molecule has 3 heteroatoms. The Balaban J connectivity index is 2.09. The van der Waals surface area contributed by atoms with Crippen molar-refractivity contribution in [3.05, 3.63) is 38.9 Å². The van der Waals surface area contributed by atoms with Crippen molar-refractivity contribution in [1.29, 1.82) is 0 Å². The molecule has 2 saturated carbocycles. The van der Waals surface area contributed by atoms with Crippen LogP contribution in [-0.4, -0.2) is 4.92 Å². The highest BCUT2D eigenvalue weighted by Crippen LogP contribution is 2.46. The monoisotopic (exact) mass is 399 g/mol. The molecule has 0 heterocycles. The van der Waals surface area contributed by atoms with Gasteiger partial charge in [0.1, 0.15) is 0 Å². The normalized spacial score (nSPS) is 19.9. The van der Waals surface area contributed by atoms with E-state index in [4.69, 9.17) is 0 Å². The Bertz CT molecular complexity index is 657. The summed E-state index contributed by atoms with van der Waals surface area (Å²) in [4.78, 5) is 12.3. The second-order valence-corrected chi connectivity index (χ2v) is 9.60. The minimum Gasteiger partial charge on any atom is -0.258 e. The minimum absolute atomic E-state index is 0.0292. The Morgan fingerprint density at radius 2 is 1.52 bits per heavy atom. The third-order valence-electron chi connectivity index (χ3n) is 7.48. The molecule has 1 aromatic rings. The molecule has 2 aliphatic rings. The van der Waals surface area contributed by atoms with Gasteiger partial charge in [-0.2, -0.15) is 0 Å². The highest BCUT2D eigenvalue weighted by Gasteiger charge is 2.32. The van der Waals surface area contributed by atoms with E-state index in [9.17, 15) is 10.1 Å². The number of nitrogens with zero attached hydrogens (tertiary/aromatic N) is 1. The Labute approximate surface area is 177 Å². The number of nitro groups is 1. The molecule has 1 aromatic carbocycles. The molecule has 0 aromatic heterocycles. The average molecular weight is 400 g/mol. The largest absolute Gasteiger partial charge is 0.276 e. The van der Waals surface area contributed by atoms with Gasteiger partial charge in [0.2, 0.25) is 0 Å². The summed E-state index contributed by atoms with van der Waals surface area (Å²) in [7, 11) is 0. The van der Waals surface area contributed by atoms with Gasteiger partial charge in [0, 0.05) is 11.1 Å². The van der Waals surface area contributed by atoms with Crippen molar-refractivity contribution in [2.24, 2.45) is 0 Å². The molecule has 1 unspecified atom stereocenters. The Hall–Kier alpha value is -1.38. The first kappa shape index (κ1) is 22.3. The molecule has 0 spiro atoms. The number of unbranched alkanes of at least 4 members (excludes halogenated alkanes) is 1. The molecule has 0 N–H and O–H groups in total. The van der Waals surface area contributed by atoms with E-state index in [1.165, 1.54) is 56.9 Å². The maximum Gasteiger partial charge on any atom is 0.276 e. The lowest BCUT2D eigenvalue weighted by Gasteiger charge is -2.28. The lowest BCUT2D eigenvalue weighted by Crippen LogP contribution is -2.14. The Kier molecular flexibility index (Phi) is 8.56. The number of rotatable bonds is 9. The first-order valence-electron chi connectivity index (χ1n) is 12.5. The number of hydrogen-bond acceptors (Lipinski definition) is 2. The minimum atomic E-state index is -0.0292. The maximum absolute atomic E-state index is 12.4. The van der Waals surface area contributed by atoms with Gasteiger partial charge in [0.25, 0.3) is 5.69 Å². The van der Waals surface area contributed by atoms with Gasteiger partial charge in [0.15, 0.2) is 0 Å². The van der Waals surface area contributed by atoms with Crippen molar-refractivity contribution < 1.29 is 4.92 Å². The zero-order chi connectivity index (χ0) is 20.6. The fourth-order valence-corrected chi connectivity index (χ4v) is 5.88. The van der Waals surface area contributed by atoms with Gasteiger partial charge in [0.05, 0.1) is 4.92 Å². The topological polar surface area (TPSA) is 43.1 Å². The van der Waals surface area contributed by atoms with Crippen LogP contribution in [0.3, 0.4) is 0 Å². The third-order valence-corrected chi connectivity index (χ3v) is 7.48. The molecule has 0 saturated heterocycles. The number of nitro benzene ring substituents is 1. The highest BCUT2D eigenvalue weighted by molar-refractivity contribution is 5.54. The van der Waals surface area contributed by atoms with Crippen molar-refractivity contribution in [3.63, 3.8) is 0 Å². The highest BCUT2D eigenvalue weighted by atomic mass is 16.6. The van der Waals surface area contributed by atoms with Crippen LogP contribution in [0.15, 0.2) is 12.1 Å². The summed E-state index contributed by atoms with van der Waals surface area (Å²) < 4.78 is 0. The molecule has 2 aliphatic carbocycles. The quantitative estimate of drug-likeness (QED) is 0.307.